The predicted molar refractivity (Wildman–Crippen MR) is 160 cm³/mol. The van der Waals surface area contributed by atoms with Gasteiger partial charge in [0.05, 0.1) is 29.2 Å². The number of piperidine rings is 1. The van der Waals surface area contributed by atoms with Crippen molar-refractivity contribution in [1.29, 1.82) is 0 Å². The van der Waals surface area contributed by atoms with Crippen molar-refractivity contribution in [3.8, 4) is 16.3 Å². The Morgan fingerprint density at radius 1 is 1.10 bits per heavy atom. The van der Waals surface area contributed by atoms with Gasteiger partial charge < -0.3 is 24.8 Å². The molecule has 1 amide bonds. The van der Waals surface area contributed by atoms with Crippen LogP contribution in [-0.2, 0) is 6.54 Å². The number of aromatic nitrogens is 1. The van der Waals surface area contributed by atoms with Gasteiger partial charge in [-0.15, -0.1) is 11.3 Å². The fraction of sp³-hybridized carbons (Fsp3) is 0.469. The normalized spacial score (nSPS) is 27.1. The summed E-state index contributed by atoms with van der Waals surface area (Å²) in [5, 5.41) is 2.42. The number of amides is 1. The quantitative estimate of drug-likeness (QED) is 0.340. The molecule has 10 rings (SSSR count). The highest BCUT2D eigenvalue weighted by Crippen LogP contribution is 2.59. The topological polar surface area (TPSA) is 66.7 Å². The highest BCUT2D eigenvalue weighted by atomic mass is 32.1. The van der Waals surface area contributed by atoms with Gasteiger partial charge in [-0.3, -0.25) is 9.69 Å². The van der Waals surface area contributed by atoms with Crippen LogP contribution in [-0.4, -0.2) is 71.3 Å². The molecule has 4 atom stereocenters. The maximum atomic E-state index is 13.5. The number of hydrogen-bond donors (Lipinski definition) is 1. The van der Waals surface area contributed by atoms with E-state index in [0.29, 0.717) is 24.3 Å². The standard InChI is InChI=1S/C32H35N5O2S/c1-17-28-26(39-2)12-20(32(38)36-16-25-29-31(36)37(25)29)13-27(28)40-30(17)24-11-19-5-6-22(34-9-7-21(33)8-10-34)14-23(19)35(24)15-18-3-4-18/h5-6,11-14,18,21,25,29,31H,3-4,7-10,15-16,33H2,1-2H3/t25?,29-,31?,37?/m1/s1. The number of carbonyl (C=O) groups excluding carboxylic acids is 1. The van der Waals surface area contributed by atoms with Crippen molar-refractivity contribution in [3.63, 3.8) is 0 Å². The number of carbonyl (C=O) groups is 1. The first-order valence-corrected chi connectivity index (χ1v) is 15.7. The molecule has 7 nitrogen and oxygen atoms in total. The van der Waals surface area contributed by atoms with Crippen molar-refractivity contribution < 1.29 is 9.53 Å². The molecular formula is C32H35N5O2S. The van der Waals surface area contributed by atoms with Crippen LogP contribution >= 0.6 is 11.3 Å². The van der Waals surface area contributed by atoms with E-state index in [4.69, 9.17) is 10.5 Å². The molecule has 4 aromatic rings. The van der Waals surface area contributed by atoms with Crippen molar-refractivity contribution in [2.45, 2.75) is 63.4 Å². The Morgan fingerprint density at radius 3 is 2.60 bits per heavy atom. The van der Waals surface area contributed by atoms with Crippen LogP contribution in [0.4, 0.5) is 5.69 Å². The van der Waals surface area contributed by atoms with Crippen LogP contribution in [0.2, 0.25) is 0 Å². The Kier molecular flexibility index (Phi) is 4.87. The van der Waals surface area contributed by atoms with E-state index in [1.807, 2.05) is 6.07 Å². The van der Waals surface area contributed by atoms with Gasteiger partial charge in [-0.1, -0.05) is 6.07 Å². The van der Waals surface area contributed by atoms with Crippen LogP contribution < -0.4 is 15.4 Å². The van der Waals surface area contributed by atoms with Gasteiger partial charge in [-0.2, -0.15) is 0 Å². The van der Waals surface area contributed by atoms with E-state index < -0.39 is 0 Å². The molecule has 8 heteroatoms. The van der Waals surface area contributed by atoms with Gasteiger partial charge in [-0.05, 0) is 74.4 Å². The lowest BCUT2D eigenvalue weighted by molar-refractivity contribution is 0.0776. The average molecular weight is 554 g/mol. The Bertz CT molecular complexity index is 1690. The Labute approximate surface area is 238 Å². The highest BCUT2D eigenvalue weighted by molar-refractivity contribution is 7.22. The molecule has 5 saturated heterocycles. The molecule has 2 aromatic heterocycles. The summed E-state index contributed by atoms with van der Waals surface area (Å²) in [7, 11) is 1.72. The Morgan fingerprint density at radius 2 is 1.90 bits per heavy atom. The van der Waals surface area contributed by atoms with Gasteiger partial charge in [0, 0.05) is 65.0 Å². The number of thiophene rings is 1. The summed E-state index contributed by atoms with van der Waals surface area (Å²) in [5.74, 6) is 1.69. The molecule has 7 heterocycles. The SMILES string of the molecule is COc1cc(C(=O)N2CC3[C@@H]4C2N34)cc2sc(-c3cc4ccc(N5CCC(N)CC5)cc4n3CC3CC3)c(C)c12. The number of rotatable bonds is 6. The van der Waals surface area contributed by atoms with Crippen molar-refractivity contribution in [2.24, 2.45) is 11.7 Å². The van der Waals surface area contributed by atoms with Crippen LogP contribution in [0.5, 0.6) is 5.75 Å². The van der Waals surface area contributed by atoms with Gasteiger partial charge >= 0.3 is 0 Å². The third kappa shape index (κ3) is 3.39. The molecule has 6 aliphatic rings. The fourth-order valence-corrected chi connectivity index (χ4v) is 8.79. The van der Waals surface area contributed by atoms with Crippen molar-refractivity contribution in [2.75, 3.05) is 31.6 Å². The summed E-state index contributed by atoms with van der Waals surface area (Å²) in [6, 6.07) is 15.0. The van der Waals surface area contributed by atoms with Gasteiger partial charge in [0.25, 0.3) is 5.91 Å². The van der Waals surface area contributed by atoms with Gasteiger partial charge in [0.15, 0.2) is 0 Å². The smallest absolute Gasteiger partial charge is 0.255 e. The van der Waals surface area contributed by atoms with E-state index in [1.54, 1.807) is 18.4 Å². The summed E-state index contributed by atoms with van der Waals surface area (Å²) < 4.78 is 9.61. The van der Waals surface area contributed by atoms with Gasteiger partial charge in [0.2, 0.25) is 0 Å². The molecule has 206 valence electrons. The van der Waals surface area contributed by atoms with Crippen molar-refractivity contribution >= 4 is 43.9 Å². The second-order valence-electron chi connectivity index (χ2n) is 12.6. The highest BCUT2D eigenvalue weighted by Gasteiger charge is 2.80. The number of aryl methyl sites for hydroxylation is 1. The Hall–Kier alpha value is -3.07. The maximum absolute atomic E-state index is 13.5. The minimum Gasteiger partial charge on any atom is -0.496 e. The summed E-state index contributed by atoms with van der Waals surface area (Å²) >= 11 is 1.80. The third-order valence-electron chi connectivity index (χ3n) is 10.1. The largest absolute Gasteiger partial charge is 0.496 e. The van der Waals surface area contributed by atoms with Crippen LogP contribution in [0, 0.1) is 12.8 Å². The number of hydrogen-bond acceptors (Lipinski definition) is 6. The number of fused-ring (bicyclic) bond motifs is 3. The Balaban J connectivity index is 1.14. The number of benzene rings is 2. The zero-order valence-corrected chi connectivity index (χ0v) is 23.9. The minimum atomic E-state index is 0.138. The molecule has 1 saturated carbocycles. The van der Waals surface area contributed by atoms with E-state index >= 15 is 0 Å². The first-order valence-electron chi connectivity index (χ1n) is 14.8. The molecule has 0 radical (unpaired) electrons. The first kappa shape index (κ1) is 23.6. The first-order chi connectivity index (χ1) is 19.5. The van der Waals surface area contributed by atoms with Crippen molar-refractivity contribution in [3.05, 3.63) is 47.5 Å². The lowest BCUT2D eigenvalue weighted by Crippen LogP contribution is -2.39. The third-order valence-corrected chi connectivity index (χ3v) is 11.4. The molecule has 2 aromatic carbocycles. The molecule has 6 fully saturated rings. The molecule has 0 spiro atoms. The zero-order valence-electron chi connectivity index (χ0n) is 23.1. The second kappa shape index (κ2) is 8.24. The molecule has 1 aliphatic carbocycles. The van der Waals surface area contributed by atoms with Crippen LogP contribution in [0.1, 0.15) is 41.6 Å². The summed E-state index contributed by atoms with van der Waals surface area (Å²) in [5.41, 5.74) is 12.1. The van der Waals surface area contributed by atoms with Gasteiger partial charge in [-0.25, -0.2) is 0 Å². The molecule has 5 aliphatic heterocycles. The number of piperazine rings is 1. The van der Waals surface area contributed by atoms with Crippen LogP contribution in [0.3, 0.4) is 0 Å². The van der Waals surface area contributed by atoms with E-state index in [9.17, 15) is 4.79 Å². The molecule has 2 bridgehead atoms. The molecule has 2 N–H and O–H groups in total. The molecule has 40 heavy (non-hydrogen) atoms. The van der Waals surface area contributed by atoms with E-state index in [-0.39, 0.29) is 5.91 Å². The number of nitrogens with two attached hydrogens (primary N) is 1. The van der Waals surface area contributed by atoms with Gasteiger partial charge in [0.1, 0.15) is 11.9 Å². The number of nitrogens with zero attached hydrogens (tertiary/aromatic N) is 4. The average Bonchev–Trinajstić information content (AvgIpc) is 3.91. The maximum Gasteiger partial charge on any atom is 0.255 e. The summed E-state index contributed by atoms with van der Waals surface area (Å²) in [6.07, 6.45) is 5.08. The zero-order chi connectivity index (χ0) is 26.9. The lowest BCUT2D eigenvalue weighted by Gasteiger charge is -2.32. The fourth-order valence-electron chi connectivity index (χ4n) is 7.50. The lowest BCUT2D eigenvalue weighted by atomic mass is 10.1. The summed E-state index contributed by atoms with van der Waals surface area (Å²) in [4.78, 5) is 21.7. The molecular weight excluding hydrogens is 518 g/mol. The summed E-state index contributed by atoms with van der Waals surface area (Å²) in [6.45, 7) is 6.19. The number of anilines is 1. The van der Waals surface area contributed by atoms with Crippen LogP contribution in [0.15, 0.2) is 36.4 Å². The predicted octanol–water partition coefficient (Wildman–Crippen LogP) is 5.03. The van der Waals surface area contributed by atoms with E-state index in [0.717, 1.165) is 66.3 Å². The van der Waals surface area contributed by atoms with E-state index in [1.165, 1.54) is 45.6 Å². The van der Waals surface area contributed by atoms with Crippen molar-refractivity contribution in [1.82, 2.24) is 14.4 Å². The monoisotopic (exact) mass is 553 g/mol. The van der Waals surface area contributed by atoms with Crippen LogP contribution in [0.25, 0.3) is 31.6 Å². The molecule has 3 unspecified atom stereocenters. The number of methoxy groups -OCH3 is 1. The minimum absolute atomic E-state index is 0.138. The van der Waals surface area contributed by atoms with E-state index in [2.05, 4.69) is 56.5 Å². The second-order valence-corrected chi connectivity index (χ2v) is 13.7. The number of ether oxygens (including phenoxy) is 1.